The molecule has 0 saturated heterocycles. The molecule has 1 aliphatic rings. The van der Waals surface area contributed by atoms with Crippen LogP contribution in [0.3, 0.4) is 0 Å². The Morgan fingerprint density at radius 2 is 2.15 bits per heavy atom. The molecule has 1 unspecified atom stereocenters. The first-order valence-electron chi connectivity index (χ1n) is 4.32. The molecule has 1 aromatic carbocycles. The van der Waals surface area contributed by atoms with Crippen molar-refractivity contribution in [2.75, 3.05) is 18.5 Å². The Bertz CT molecular complexity index is 349. The van der Waals surface area contributed by atoms with Gasteiger partial charge in [-0.3, -0.25) is 4.79 Å². The summed E-state index contributed by atoms with van der Waals surface area (Å²) < 4.78 is 0. The Balaban J connectivity index is 2.50. The van der Waals surface area contributed by atoms with E-state index in [-0.39, 0.29) is 11.8 Å². The van der Waals surface area contributed by atoms with Crippen LogP contribution in [0.4, 0.5) is 5.69 Å². The van der Waals surface area contributed by atoms with Crippen molar-refractivity contribution in [3.8, 4) is 0 Å². The van der Waals surface area contributed by atoms with Gasteiger partial charge in [-0.25, -0.2) is 0 Å². The number of fused-ring (bicyclic) bond motifs is 1. The van der Waals surface area contributed by atoms with Gasteiger partial charge in [-0.2, -0.15) is 0 Å². The molecule has 0 aliphatic carbocycles. The minimum atomic E-state index is -0.169. The molecule has 0 spiro atoms. The summed E-state index contributed by atoms with van der Waals surface area (Å²) in [5.41, 5.74) is 7.31. The summed E-state index contributed by atoms with van der Waals surface area (Å²) in [7, 11) is 1.90. The van der Waals surface area contributed by atoms with Crippen LogP contribution in [0.25, 0.3) is 0 Å². The van der Waals surface area contributed by atoms with Gasteiger partial charge in [-0.15, -0.1) is 0 Å². The largest absolute Gasteiger partial charge is 0.362 e. The highest BCUT2D eigenvalue weighted by Crippen LogP contribution is 2.29. The van der Waals surface area contributed by atoms with Crippen molar-refractivity contribution in [1.82, 2.24) is 0 Å². The number of benzene rings is 1. The van der Waals surface area contributed by atoms with E-state index in [0.717, 1.165) is 11.3 Å². The van der Waals surface area contributed by atoms with Gasteiger partial charge in [0.2, 0.25) is 0 Å². The fraction of sp³-hybridized carbons (Fsp3) is 0.300. The van der Waals surface area contributed by atoms with E-state index >= 15 is 0 Å². The highest BCUT2D eigenvalue weighted by Gasteiger charge is 2.32. The zero-order chi connectivity index (χ0) is 9.42. The van der Waals surface area contributed by atoms with Crippen LogP contribution in [0.2, 0.25) is 0 Å². The minimum absolute atomic E-state index is 0.139. The number of anilines is 1. The zero-order valence-electron chi connectivity index (χ0n) is 7.53. The highest BCUT2D eigenvalue weighted by molar-refractivity contribution is 6.10. The second-order valence-corrected chi connectivity index (χ2v) is 3.24. The summed E-state index contributed by atoms with van der Waals surface area (Å²) >= 11 is 0. The molecule has 13 heavy (non-hydrogen) atoms. The number of hydrogen-bond acceptors (Lipinski definition) is 3. The number of carbonyl (C=O) groups excluding carboxylic acids is 1. The second-order valence-electron chi connectivity index (χ2n) is 3.24. The molecule has 0 bridgehead atoms. The highest BCUT2D eigenvalue weighted by atomic mass is 16.1. The van der Waals surface area contributed by atoms with Crippen LogP contribution in [-0.4, -0.2) is 25.4 Å². The molecule has 1 aliphatic heterocycles. The van der Waals surface area contributed by atoms with E-state index in [1.165, 1.54) is 0 Å². The van der Waals surface area contributed by atoms with Crippen molar-refractivity contribution in [2.24, 2.45) is 5.73 Å². The monoisotopic (exact) mass is 176 g/mol. The van der Waals surface area contributed by atoms with Crippen molar-refractivity contribution in [3.05, 3.63) is 29.8 Å². The molecule has 2 rings (SSSR count). The molecular weight excluding hydrogens is 164 g/mol. The van der Waals surface area contributed by atoms with Crippen molar-refractivity contribution in [2.45, 2.75) is 6.04 Å². The number of nitrogens with two attached hydrogens (primary N) is 1. The van der Waals surface area contributed by atoms with Gasteiger partial charge in [0.05, 0.1) is 0 Å². The summed E-state index contributed by atoms with van der Waals surface area (Å²) in [6.45, 7) is 0.379. The predicted molar refractivity (Wildman–Crippen MR) is 52.0 cm³/mol. The van der Waals surface area contributed by atoms with Crippen LogP contribution in [0.5, 0.6) is 0 Å². The van der Waals surface area contributed by atoms with E-state index in [0.29, 0.717) is 6.54 Å². The summed E-state index contributed by atoms with van der Waals surface area (Å²) in [6, 6.07) is 7.44. The smallest absolute Gasteiger partial charge is 0.188 e. The number of carbonyl (C=O) groups is 1. The maximum Gasteiger partial charge on any atom is 0.188 e. The standard InChI is InChI=1S/C10H12N2O/c1-12-8-5-3-2-4-7(8)10(13)9(12)6-11/h2-5,9H,6,11H2,1H3. The molecule has 0 fully saturated rings. The van der Waals surface area contributed by atoms with E-state index in [1.54, 1.807) is 0 Å². The van der Waals surface area contributed by atoms with E-state index in [9.17, 15) is 4.79 Å². The second kappa shape index (κ2) is 2.85. The number of nitrogens with zero attached hydrogens (tertiary/aromatic N) is 1. The Morgan fingerprint density at radius 1 is 1.46 bits per heavy atom. The average molecular weight is 176 g/mol. The lowest BCUT2D eigenvalue weighted by Gasteiger charge is -2.18. The van der Waals surface area contributed by atoms with E-state index < -0.39 is 0 Å². The molecule has 0 amide bonds. The molecular formula is C10H12N2O. The normalized spacial score (nSPS) is 20.6. The number of Topliss-reactive ketones (excluding diaryl/α,β-unsaturated/α-hetero) is 1. The third-order valence-electron chi connectivity index (χ3n) is 2.54. The minimum Gasteiger partial charge on any atom is -0.362 e. The van der Waals surface area contributed by atoms with Crippen LogP contribution in [0.15, 0.2) is 24.3 Å². The Morgan fingerprint density at radius 3 is 2.77 bits per heavy atom. The number of para-hydroxylation sites is 1. The van der Waals surface area contributed by atoms with Gasteiger partial charge in [0, 0.05) is 24.8 Å². The summed E-state index contributed by atoms with van der Waals surface area (Å²) in [5, 5.41) is 0. The SMILES string of the molecule is CN1c2ccccc2C(=O)C1CN. The molecule has 3 nitrogen and oxygen atoms in total. The number of likely N-dealkylation sites (N-methyl/N-ethyl adjacent to an activating group) is 1. The molecule has 1 heterocycles. The number of ketones is 1. The molecule has 68 valence electrons. The summed E-state index contributed by atoms with van der Waals surface area (Å²) in [4.78, 5) is 13.7. The van der Waals surface area contributed by atoms with Crippen LogP contribution in [0, 0.1) is 0 Å². The number of rotatable bonds is 1. The van der Waals surface area contributed by atoms with Crippen molar-refractivity contribution in [3.63, 3.8) is 0 Å². The van der Waals surface area contributed by atoms with Crippen LogP contribution >= 0.6 is 0 Å². The third kappa shape index (κ3) is 1.04. The third-order valence-corrected chi connectivity index (χ3v) is 2.54. The quantitative estimate of drug-likeness (QED) is 0.683. The fourth-order valence-electron chi connectivity index (χ4n) is 1.78. The van der Waals surface area contributed by atoms with Gasteiger partial charge in [-0.1, -0.05) is 12.1 Å². The van der Waals surface area contributed by atoms with E-state index in [1.807, 2.05) is 36.2 Å². The first-order chi connectivity index (χ1) is 6.25. The van der Waals surface area contributed by atoms with Crippen molar-refractivity contribution in [1.29, 1.82) is 0 Å². The lowest BCUT2D eigenvalue weighted by molar-refractivity contribution is 0.0975. The molecule has 1 atom stereocenters. The van der Waals surface area contributed by atoms with Gasteiger partial charge in [0.25, 0.3) is 0 Å². The Hall–Kier alpha value is -1.35. The van der Waals surface area contributed by atoms with Crippen LogP contribution in [-0.2, 0) is 0 Å². The molecule has 0 saturated carbocycles. The van der Waals surface area contributed by atoms with Gasteiger partial charge < -0.3 is 10.6 Å². The fourth-order valence-corrected chi connectivity index (χ4v) is 1.78. The van der Waals surface area contributed by atoms with Crippen molar-refractivity contribution < 1.29 is 4.79 Å². The summed E-state index contributed by atoms with van der Waals surface area (Å²) in [5.74, 6) is 0.139. The first kappa shape index (κ1) is 8.26. The van der Waals surface area contributed by atoms with Crippen molar-refractivity contribution >= 4 is 11.5 Å². The molecule has 2 N–H and O–H groups in total. The molecule has 1 aromatic rings. The summed E-state index contributed by atoms with van der Waals surface area (Å²) in [6.07, 6.45) is 0. The molecule has 0 radical (unpaired) electrons. The number of hydrogen-bond donors (Lipinski definition) is 1. The average Bonchev–Trinajstić information content (AvgIpc) is 2.41. The Labute approximate surface area is 77.1 Å². The van der Waals surface area contributed by atoms with E-state index in [4.69, 9.17) is 5.73 Å². The molecule has 3 heteroatoms. The van der Waals surface area contributed by atoms with Crippen LogP contribution in [0.1, 0.15) is 10.4 Å². The lowest BCUT2D eigenvalue weighted by atomic mass is 10.1. The van der Waals surface area contributed by atoms with Crippen LogP contribution < -0.4 is 10.6 Å². The van der Waals surface area contributed by atoms with Gasteiger partial charge in [0.1, 0.15) is 6.04 Å². The lowest BCUT2D eigenvalue weighted by Crippen LogP contribution is -2.38. The van der Waals surface area contributed by atoms with Gasteiger partial charge in [0.15, 0.2) is 5.78 Å². The Kier molecular flexibility index (Phi) is 1.81. The van der Waals surface area contributed by atoms with Gasteiger partial charge >= 0.3 is 0 Å². The molecule has 0 aromatic heterocycles. The van der Waals surface area contributed by atoms with Gasteiger partial charge in [-0.05, 0) is 12.1 Å². The topological polar surface area (TPSA) is 46.3 Å². The first-order valence-corrected chi connectivity index (χ1v) is 4.32. The zero-order valence-corrected chi connectivity index (χ0v) is 7.53. The maximum absolute atomic E-state index is 11.7. The maximum atomic E-state index is 11.7. The van der Waals surface area contributed by atoms with E-state index in [2.05, 4.69) is 0 Å². The predicted octanol–water partition coefficient (Wildman–Crippen LogP) is 0.646.